The number of hydrogen-bond acceptors (Lipinski definition) is 4. The predicted octanol–water partition coefficient (Wildman–Crippen LogP) is 2.89. The molecule has 7 nitrogen and oxygen atoms in total. The van der Waals surface area contributed by atoms with Crippen LogP contribution in [-0.4, -0.2) is 67.5 Å². The molecule has 2 rings (SSSR count). The molecule has 1 aliphatic heterocycles. The quantitative estimate of drug-likeness (QED) is 0.242. The minimum absolute atomic E-state index is 0. The standard InChI is InChI=1S/C22H34N4O3.HI/c1-4-23-22(26-15-9-12-19(17-26)21(28)29-5-2)24-14-13-20(27)25(3)16-18-10-7-6-8-11-18;/h6-8,10-11,19H,4-5,9,12-17H2,1-3H3,(H,23,24);1H. The van der Waals surface area contributed by atoms with Gasteiger partial charge in [0.15, 0.2) is 5.96 Å². The summed E-state index contributed by atoms with van der Waals surface area (Å²) >= 11 is 0. The number of ether oxygens (including phenoxy) is 1. The summed E-state index contributed by atoms with van der Waals surface area (Å²) in [4.78, 5) is 33.0. The van der Waals surface area contributed by atoms with Gasteiger partial charge in [-0.05, 0) is 32.3 Å². The Morgan fingerprint density at radius 2 is 2.00 bits per heavy atom. The molecule has 1 atom stereocenters. The number of nitrogens with zero attached hydrogens (tertiary/aromatic N) is 3. The third-order valence-corrected chi connectivity index (χ3v) is 4.95. The highest BCUT2D eigenvalue weighted by molar-refractivity contribution is 14.0. The van der Waals surface area contributed by atoms with Gasteiger partial charge in [0, 0.05) is 39.6 Å². The first-order chi connectivity index (χ1) is 14.0. The molecule has 8 heteroatoms. The number of rotatable bonds is 8. The zero-order chi connectivity index (χ0) is 21.1. The van der Waals surface area contributed by atoms with Crippen molar-refractivity contribution in [1.82, 2.24) is 15.1 Å². The summed E-state index contributed by atoms with van der Waals surface area (Å²) in [6.07, 6.45) is 2.12. The molecule has 1 fully saturated rings. The molecule has 168 valence electrons. The molecule has 1 aromatic carbocycles. The van der Waals surface area contributed by atoms with Gasteiger partial charge < -0.3 is 19.9 Å². The van der Waals surface area contributed by atoms with Gasteiger partial charge in [0.1, 0.15) is 0 Å². The van der Waals surface area contributed by atoms with Crippen LogP contribution < -0.4 is 5.32 Å². The molecule has 0 spiro atoms. The maximum atomic E-state index is 12.4. The van der Waals surface area contributed by atoms with Crippen LogP contribution in [0.4, 0.5) is 0 Å². The van der Waals surface area contributed by atoms with E-state index in [-0.39, 0.29) is 41.8 Å². The Bertz CT molecular complexity index is 684. The molecule has 0 radical (unpaired) electrons. The molecule has 1 unspecified atom stereocenters. The van der Waals surface area contributed by atoms with Crippen molar-refractivity contribution in [2.24, 2.45) is 10.9 Å². The van der Waals surface area contributed by atoms with E-state index in [1.807, 2.05) is 51.2 Å². The lowest BCUT2D eigenvalue weighted by Crippen LogP contribution is -2.48. The average molecular weight is 530 g/mol. The molecular formula is C22H35IN4O3. The van der Waals surface area contributed by atoms with Crippen LogP contribution in [0.1, 0.15) is 38.7 Å². The SMILES string of the molecule is CCNC(=NCCC(=O)N(C)Cc1ccccc1)N1CCCC(C(=O)OCC)C1.I. The minimum Gasteiger partial charge on any atom is -0.466 e. The van der Waals surface area contributed by atoms with E-state index in [1.165, 1.54) is 0 Å². The smallest absolute Gasteiger partial charge is 0.310 e. The van der Waals surface area contributed by atoms with E-state index in [9.17, 15) is 9.59 Å². The van der Waals surface area contributed by atoms with Crippen LogP contribution >= 0.6 is 24.0 Å². The highest BCUT2D eigenvalue weighted by Crippen LogP contribution is 2.18. The molecule has 1 aromatic rings. The Morgan fingerprint density at radius 3 is 2.67 bits per heavy atom. The summed E-state index contributed by atoms with van der Waals surface area (Å²) in [5.41, 5.74) is 1.11. The number of piperidine rings is 1. The molecule has 1 heterocycles. The van der Waals surface area contributed by atoms with Gasteiger partial charge in [-0.15, -0.1) is 24.0 Å². The first kappa shape index (κ1) is 26.2. The topological polar surface area (TPSA) is 74.2 Å². The zero-order valence-electron chi connectivity index (χ0n) is 18.3. The van der Waals surface area contributed by atoms with Crippen LogP contribution in [0, 0.1) is 5.92 Å². The molecule has 0 aromatic heterocycles. The van der Waals surface area contributed by atoms with Gasteiger partial charge in [0.2, 0.25) is 5.91 Å². The van der Waals surface area contributed by atoms with Crippen LogP contribution in [0.5, 0.6) is 0 Å². The Hall–Kier alpha value is -1.84. The molecule has 30 heavy (non-hydrogen) atoms. The molecule has 0 aliphatic carbocycles. The molecule has 1 N–H and O–H groups in total. The van der Waals surface area contributed by atoms with Gasteiger partial charge in [-0.2, -0.15) is 0 Å². The maximum absolute atomic E-state index is 12.4. The number of carbonyl (C=O) groups excluding carboxylic acids is 2. The maximum Gasteiger partial charge on any atom is 0.310 e. The van der Waals surface area contributed by atoms with Gasteiger partial charge >= 0.3 is 5.97 Å². The van der Waals surface area contributed by atoms with Crippen molar-refractivity contribution in [3.63, 3.8) is 0 Å². The fourth-order valence-electron chi connectivity index (χ4n) is 3.44. The van der Waals surface area contributed by atoms with Crippen molar-refractivity contribution >= 4 is 41.8 Å². The Kier molecular flexibility index (Phi) is 12.4. The van der Waals surface area contributed by atoms with Crippen LogP contribution in [0.3, 0.4) is 0 Å². The van der Waals surface area contributed by atoms with Gasteiger partial charge in [0.05, 0.1) is 19.1 Å². The van der Waals surface area contributed by atoms with Crippen molar-refractivity contribution in [2.45, 2.75) is 39.7 Å². The molecule has 1 aliphatic rings. The van der Waals surface area contributed by atoms with Crippen molar-refractivity contribution in [3.05, 3.63) is 35.9 Å². The largest absolute Gasteiger partial charge is 0.466 e. The Labute approximate surface area is 197 Å². The third-order valence-electron chi connectivity index (χ3n) is 4.95. The molecular weight excluding hydrogens is 495 g/mol. The van der Waals surface area contributed by atoms with Gasteiger partial charge in [-0.1, -0.05) is 30.3 Å². The van der Waals surface area contributed by atoms with E-state index in [0.717, 1.165) is 37.5 Å². The molecule has 0 bridgehead atoms. The minimum atomic E-state index is -0.134. The van der Waals surface area contributed by atoms with E-state index in [1.54, 1.807) is 4.90 Å². The first-order valence-corrected chi connectivity index (χ1v) is 10.5. The fraction of sp³-hybridized carbons (Fsp3) is 0.591. The number of amides is 1. The van der Waals surface area contributed by atoms with E-state index in [2.05, 4.69) is 15.2 Å². The molecule has 1 saturated heterocycles. The summed E-state index contributed by atoms with van der Waals surface area (Å²) in [7, 11) is 1.82. The number of esters is 1. The summed E-state index contributed by atoms with van der Waals surface area (Å²) in [6, 6.07) is 9.95. The number of likely N-dealkylation sites (tertiary alicyclic amines) is 1. The van der Waals surface area contributed by atoms with Crippen molar-refractivity contribution in [2.75, 3.05) is 39.8 Å². The highest BCUT2D eigenvalue weighted by Gasteiger charge is 2.28. The highest BCUT2D eigenvalue weighted by atomic mass is 127. The zero-order valence-corrected chi connectivity index (χ0v) is 20.6. The van der Waals surface area contributed by atoms with Crippen LogP contribution in [0.25, 0.3) is 0 Å². The summed E-state index contributed by atoms with van der Waals surface area (Å²) < 4.78 is 5.18. The van der Waals surface area contributed by atoms with E-state index in [4.69, 9.17) is 4.74 Å². The molecule has 1 amide bonds. The second kappa shape index (κ2) is 14.2. The summed E-state index contributed by atoms with van der Waals surface area (Å²) in [5, 5.41) is 3.29. The van der Waals surface area contributed by atoms with Crippen molar-refractivity contribution < 1.29 is 14.3 Å². The average Bonchev–Trinajstić information content (AvgIpc) is 2.74. The number of nitrogens with one attached hydrogen (secondary N) is 1. The second-order valence-electron chi connectivity index (χ2n) is 7.26. The lowest BCUT2D eigenvalue weighted by Gasteiger charge is -2.34. The monoisotopic (exact) mass is 530 g/mol. The molecule has 0 saturated carbocycles. The fourth-order valence-corrected chi connectivity index (χ4v) is 3.44. The third kappa shape index (κ3) is 8.49. The van der Waals surface area contributed by atoms with Crippen molar-refractivity contribution in [1.29, 1.82) is 0 Å². The Balaban J connectivity index is 0.00000450. The van der Waals surface area contributed by atoms with E-state index in [0.29, 0.717) is 32.7 Å². The summed E-state index contributed by atoms with van der Waals surface area (Å²) in [5.74, 6) is 0.577. The lowest BCUT2D eigenvalue weighted by atomic mass is 9.98. The lowest BCUT2D eigenvalue weighted by molar-refractivity contribution is -0.149. The number of guanidine groups is 1. The number of carbonyl (C=O) groups is 2. The number of hydrogen-bond donors (Lipinski definition) is 1. The van der Waals surface area contributed by atoms with Crippen LogP contribution in [0.2, 0.25) is 0 Å². The predicted molar refractivity (Wildman–Crippen MR) is 130 cm³/mol. The normalized spacial score (nSPS) is 16.4. The van der Waals surface area contributed by atoms with Crippen LogP contribution in [-0.2, 0) is 20.9 Å². The van der Waals surface area contributed by atoms with E-state index >= 15 is 0 Å². The Morgan fingerprint density at radius 1 is 1.27 bits per heavy atom. The number of aliphatic imine (C=N–C) groups is 1. The van der Waals surface area contributed by atoms with Gasteiger partial charge in [-0.3, -0.25) is 14.6 Å². The van der Waals surface area contributed by atoms with Crippen LogP contribution in [0.15, 0.2) is 35.3 Å². The first-order valence-electron chi connectivity index (χ1n) is 10.5. The van der Waals surface area contributed by atoms with Crippen molar-refractivity contribution in [3.8, 4) is 0 Å². The van der Waals surface area contributed by atoms with Gasteiger partial charge in [-0.25, -0.2) is 0 Å². The van der Waals surface area contributed by atoms with Gasteiger partial charge in [0.25, 0.3) is 0 Å². The van der Waals surface area contributed by atoms with E-state index < -0.39 is 0 Å². The number of halogens is 1. The summed E-state index contributed by atoms with van der Waals surface area (Å²) in [6.45, 7) is 7.45. The number of benzene rings is 1. The second-order valence-corrected chi connectivity index (χ2v) is 7.26.